The highest BCUT2D eigenvalue weighted by molar-refractivity contribution is 5.79. The average Bonchev–Trinajstić information content (AvgIpc) is 2.67. The highest BCUT2D eigenvalue weighted by Gasteiger charge is 2.28. The van der Waals surface area contributed by atoms with Crippen LogP contribution in [-0.2, 0) is 4.79 Å². The van der Waals surface area contributed by atoms with Crippen LogP contribution in [0.15, 0.2) is 24.3 Å². The Hall–Kier alpha value is -1.84. The Labute approximate surface area is 164 Å². The van der Waals surface area contributed by atoms with E-state index >= 15 is 0 Å². The number of nitrogens with zero attached hydrogens (tertiary/aromatic N) is 2. The molecule has 1 aromatic carbocycles. The molecule has 0 atom stereocenters. The lowest BCUT2D eigenvalue weighted by atomic mass is 9.94. The van der Waals surface area contributed by atoms with Crippen LogP contribution in [0.2, 0.25) is 0 Å². The number of hydrogen-bond donors (Lipinski definition) is 0. The predicted octanol–water partition coefficient (Wildman–Crippen LogP) is 4.64. The number of amides is 1. The highest BCUT2D eigenvalue weighted by Crippen LogP contribution is 2.25. The van der Waals surface area contributed by atoms with Gasteiger partial charge in [0.25, 0.3) is 0 Å². The van der Waals surface area contributed by atoms with Crippen molar-refractivity contribution in [3.63, 3.8) is 0 Å². The van der Waals surface area contributed by atoms with E-state index in [1.807, 2.05) is 24.3 Å². The summed E-state index contributed by atoms with van der Waals surface area (Å²) in [6.07, 6.45) is 4.84. The molecular weight excluding hydrogens is 336 g/mol. The Morgan fingerprint density at radius 1 is 1.04 bits per heavy atom. The number of anilines is 1. The van der Waals surface area contributed by atoms with Gasteiger partial charge in [0.15, 0.2) is 0 Å². The fourth-order valence-electron chi connectivity index (χ4n) is 3.57. The van der Waals surface area contributed by atoms with Crippen LogP contribution in [0.3, 0.4) is 0 Å². The van der Waals surface area contributed by atoms with E-state index in [0.29, 0.717) is 23.3 Å². The molecular formula is C23H36N2O2. The second-order valence-electron chi connectivity index (χ2n) is 8.66. The summed E-state index contributed by atoms with van der Waals surface area (Å²) in [5.41, 5.74) is 1.85. The number of carbonyl (C=O) groups excluding carboxylic acids is 2. The van der Waals surface area contributed by atoms with E-state index in [0.717, 1.165) is 63.8 Å². The number of piperidine rings is 1. The quantitative estimate of drug-likeness (QED) is 0.593. The third kappa shape index (κ3) is 6.67. The first-order valence-electron chi connectivity index (χ1n) is 10.5. The Morgan fingerprint density at radius 3 is 2.00 bits per heavy atom. The molecule has 1 aliphatic rings. The first-order valence-corrected chi connectivity index (χ1v) is 10.5. The molecule has 0 N–H and O–H groups in total. The minimum Gasteiger partial charge on any atom is -0.371 e. The van der Waals surface area contributed by atoms with Crippen molar-refractivity contribution in [1.29, 1.82) is 0 Å². The molecule has 0 bridgehead atoms. The summed E-state index contributed by atoms with van der Waals surface area (Å²) in [5.74, 6) is 1.74. The van der Waals surface area contributed by atoms with Gasteiger partial charge in [-0.15, -0.1) is 0 Å². The van der Waals surface area contributed by atoms with Gasteiger partial charge in [-0.3, -0.25) is 9.59 Å². The van der Waals surface area contributed by atoms with Crippen molar-refractivity contribution < 1.29 is 9.59 Å². The Bertz CT molecular complexity index is 575. The summed E-state index contributed by atoms with van der Waals surface area (Å²) in [5, 5.41) is 0. The molecule has 0 aromatic heterocycles. The molecule has 0 spiro atoms. The standard InChI is InChI=1S/C23H36N2O2/c1-18(2)9-13-25(14-10-19(3)4)23(27)21-11-15-24(16-12-21)22-7-5-20(17-26)6-8-22/h5-8,17-19,21H,9-16H2,1-4H3. The Kier molecular flexibility index (Phi) is 8.33. The summed E-state index contributed by atoms with van der Waals surface area (Å²) in [7, 11) is 0. The van der Waals surface area contributed by atoms with Crippen molar-refractivity contribution in [2.24, 2.45) is 17.8 Å². The summed E-state index contributed by atoms with van der Waals surface area (Å²) in [6.45, 7) is 12.5. The van der Waals surface area contributed by atoms with Gasteiger partial charge >= 0.3 is 0 Å². The largest absolute Gasteiger partial charge is 0.371 e. The van der Waals surface area contributed by atoms with Crippen LogP contribution in [-0.4, -0.2) is 43.3 Å². The van der Waals surface area contributed by atoms with Crippen LogP contribution in [0.5, 0.6) is 0 Å². The maximum absolute atomic E-state index is 13.1. The van der Waals surface area contributed by atoms with E-state index in [-0.39, 0.29) is 5.92 Å². The smallest absolute Gasteiger partial charge is 0.225 e. The second-order valence-corrected chi connectivity index (χ2v) is 8.66. The SMILES string of the molecule is CC(C)CCN(CCC(C)C)C(=O)C1CCN(c2ccc(C=O)cc2)CC1. The molecule has 1 saturated heterocycles. The summed E-state index contributed by atoms with van der Waals surface area (Å²) in [6, 6.07) is 7.73. The summed E-state index contributed by atoms with van der Waals surface area (Å²) in [4.78, 5) is 28.4. The minimum absolute atomic E-state index is 0.148. The molecule has 1 heterocycles. The topological polar surface area (TPSA) is 40.6 Å². The highest BCUT2D eigenvalue weighted by atomic mass is 16.2. The fraction of sp³-hybridized carbons (Fsp3) is 0.652. The van der Waals surface area contributed by atoms with Crippen molar-refractivity contribution in [3.05, 3.63) is 29.8 Å². The van der Waals surface area contributed by atoms with Gasteiger partial charge < -0.3 is 9.80 Å². The predicted molar refractivity (Wildman–Crippen MR) is 112 cm³/mol. The monoisotopic (exact) mass is 372 g/mol. The Morgan fingerprint density at radius 2 is 1.56 bits per heavy atom. The molecule has 0 aliphatic carbocycles. The van der Waals surface area contributed by atoms with E-state index < -0.39 is 0 Å². The molecule has 1 fully saturated rings. The van der Waals surface area contributed by atoms with Gasteiger partial charge in [0.05, 0.1) is 0 Å². The zero-order valence-electron chi connectivity index (χ0n) is 17.5. The van der Waals surface area contributed by atoms with Crippen LogP contribution in [0.4, 0.5) is 5.69 Å². The van der Waals surface area contributed by atoms with Gasteiger partial charge in [-0.05, 0) is 61.8 Å². The number of hydrogen-bond acceptors (Lipinski definition) is 3. The second kappa shape index (κ2) is 10.5. The van der Waals surface area contributed by atoms with E-state index in [1.165, 1.54) is 0 Å². The number of carbonyl (C=O) groups is 2. The average molecular weight is 373 g/mol. The third-order valence-electron chi connectivity index (χ3n) is 5.50. The molecule has 4 heteroatoms. The zero-order valence-corrected chi connectivity index (χ0v) is 17.5. The molecule has 0 saturated carbocycles. The van der Waals surface area contributed by atoms with Crippen molar-refractivity contribution >= 4 is 17.9 Å². The molecule has 2 rings (SSSR count). The lowest BCUT2D eigenvalue weighted by molar-refractivity contribution is -0.136. The zero-order chi connectivity index (χ0) is 19.8. The van der Waals surface area contributed by atoms with Crippen molar-refractivity contribution in [1.82, 2.24) is 4.90 Å². The van der Waals surface area contributed by atoms with Crippen molar-refractivity contribution in [3.8, 4) is 0 Å². The van der Waals surface area contributed by atoms with E-state index in [9.17, 15) is 9.59 Å². The van der Waals surface area contributed by atoms with Crippen LogP contribution in [0.25, 0.3) is 0 Å². The third-order valence-corrected chi connectivity index (χ3v) is 5.50. The van der Waals surface area contributed by atoms with Gasteiger partial charge in [-0.25, -0.2) is 0 Å². The van der Waals surface area contributed by atoms with Crippen LogP contribution < -0.4 is 4.90 Å². The van der Waals surface area contributed by atoms with Gasteiger partial charge in [0.1, 0.15) is 6.29 Å². The number of benzene rings is 1. The molecule has 27 heavy (non-hydrogen) atoms. The summed E-state index contributed by atoms with van der Waals surface area (Å²) >= 11 is 0. The van der Waals surface area contributed by atoms with E-state index in [4.69, 9.17) is 0 Å². The van der Waals surface area contributed by atoms with Crippen molar-refractivity contribution in [2.75, 3.05) is 31.1 Å². The van der Waals surface area contributed by atoms with Gasteiger partial charge in [0.2, 0.25) is 5.91 Å². The van der Waals surface area contributed by atoms with Crippen LogP contribution in [0, 0.1) is 17.8 Å². The number of aldehydes is 1. The normalized spacial score (nSPS) is 15.4. The minimum atomic E-state index is 0.148. The fourth-order valence-corrected chi connectivity index (χ4v) is 3.57. The first-order chi connectivity index (χ1) is 12.9. The molecule has 1 aromatic rings. The van der Waals surface area contributed by atoms with Gasteiger partial charge in [0, 0.05) is 43.3 Å². The molecule has 1 aliphatic heterocycles. The van der Waals surface area contributed by atoms with Gasteiger partial charge in [-0.2, -0.15) is 0 Å². The van der Waals surface area contributed by atoms with E-state index in [1.54, 1.807) is 0 Å². The lowest BCUT2D eigenvalue weighted by Crippen LogP contribution is -2.43. The van der Waals surface area contributed by atoms with Crippen LogP contribution in [0.1, 0.15) is 63.7 Å². The first kappa shape index (κ1) is 21.5. The maximum Gasteiger partial charge on any atom is 0.225 e. The molecule has 150 valence electrons. The molecule has 4 nitrogen and oxygen atoms in total. The van der Waals surface area contributed by atoms with E-state index in [2.05, 4.69) is 37.5 Å². The lowest BCUT2D eigenvalue weighted by Gasteiger charge is -2.36. The van der Waals surface area contributed by atoms with Crippen LogP contribution >= 0.6 is 0 Å². The van der Waals surface area contributed by atoms with Crippen molar-refractivity contribution in [2.45, 2.75) is 53.4 Å². The molecule has 0 unspecified atom stereocenters. The molecule has 0 radical (unpaired) electrons. The maximum atomic E-state index is 13.1. The van der Waals surface area contributed by atoms with Gasteiger partial charge in [-0.1, -0.05) is 27.7 Å². The number of rotatable bonds is 9. The molecule has 1 amide bonds. The summed E-state index contributed by atoms with van der Waals surface area (Å²) < 4.78 is 0. The Balaban J connectivity index is 1.92.